The molecular formula is C61H52N4. The van der Waals surface area contributed by atoms with Crippen molar-refractivity contribution in [1.29, 1.82) is 0 Å². The van der Waals surface area contributed by atoms with Crippen molar-refractivity contribution < 1.29 is 0 Å². The summed E-state index contributed by atoms with van der Waals surface area (Å²) in [6, 6.07) is 77.3. The van der Waals surface area contributed by atoms with Crippen molar-refractivity contribution in [3.63, 3.8) is 0 Å². The molecule has 0 aliphatic rings. The summed E-state index contributed by atoms with van der Waals surface area (Å²) in [5.74, 6) is 0.279. The standard InChI is InChI=1S/C46H37N3.C15H15N/c1-3-47-43-22-14-13-21-39(43)41-30-37(24-27-44(41)47)48(35-17-9-5-10-18-35)38-25-28-46-42(31-38)40-29-34(32(2)33-15-7-4-8-16-33)23-26-45(40)49(46)36-19-11-6-12-20-36;1-3-16-14-7-5-4-6-12(14)13-10-11(2)8-9-15(13)16/h4-32H,3H2,1-2H3;4-10H,3H2,1-2H3. The van der Waals surface area contributed by atoms with E-state index in [0.717, 1.165) is 35.8 Å². The number of aryl methyl sites for hydroxylation is 3. The van der Waals surface area contributed by atoms with Crippen molar-refractivity contribution in [1.82, 2.24) is 13.7 Å². The van der Waals surface area contributed by atoms with Gasteiger partial charge in [0.25, 0.3) is 0 Å². The molecule has 0 amide bonds. The molecule has 0 saturated carbocycles. The molecule has 0 bridgehead atoms. The predicted octanol–water partition coefficient (Wildman–Crippen LogP) is 16.7. The third kappa shape index (κ3) is 6.94. The maximum Gasteiger partial charge on any atom is 0.0542 e. The van der Waals surface area contributed by atoms with Crippen molar-refractivity contribution >= 4 is 82.5 Å². The van der Waals surface area contributed by atoms with Crippen LogP contribution < -0.4 is 4.90 Å². The van der Waals surface area contributed by atoms with Gasteiger partial charge in [0.1, 0.15) is 0 Å². The lowest BCUT2D eigenvalue weighted by atomic mass is 9.92. The van der Waals surface area contributed by atoms with Gasteiger partial charge >= 0.3 is 0 Å². The first-order valence-corrected chi connectivity index (χ1v) is 23.0. The average molecular weight is 841 g/mol. The minimum Gasteiger partial charge on any atom is -0.341 e. The van der Waals surface area contributed by atoms with Crippen LogP contribution >= 0.6 is 0 Å². The predicted molar refractivity (Wildman–Crippen MR) is 278 cm³/mol. The first-order valence-electron chi connectivity index (χ1n) is 23.0. The van der Waals surface area contributed by atoms with E-state index >= 15 is 0 Å². The van der Waals surface area contributed by atoms with Gasteiger partial charge in [-0.3, -0.25) is 0 Å². The van der Waals surface area contributed by atoms with Crippen LogP contribution in [0, 0.1) is 6.92 Å². The van der Waals surface area contributed by atoms with Crippen molar-refractivity contribution in [3.8, 4) is 5.69 Å². The van der Waals surface area contributed by atoms with Crippen LogP contribution in [0.4, 0.5) is 17.1 Å². The minimum absolute atomic E-state index is 0.279. The maximum atomic E-state index is 2.42. The fourth-order valence-corrected chi connectivity index (χ4v) is 10.3. The van der Waals surface area contributed by atoms with E-state index in [4.69, 9.17) is 0 Å². The number of hydrogen-bond acceptors (Lipinski definition) is 1. The first kappa shape index (κ1) is 40.0. The third-order valence-electron chi connectivity index (χ3n) is 13.4. The summed E-state index contributed by atoms with van der Waals surface area (Å²) in [5.41, 5.74) is 16.2. The van der Waals surface area contributed by atoms with Crippen LogP contribution in [0.15, 0.2) is 212 Å². The molecule has 12 rings (SSSR count). The Bertz CT molecular complexity index is 3650. The Morgan fingerprint density at radius 2 is 0.815 bits per heavy atom. The van der Waals surface area contributed by atoms with E-state index in [2.05, 4.69) is 259 Å². The molecule has 1 unspecified atom stereocenters. The molecule has 0 spiro atoms. The van der Waals surface area contributed by atoms with Gasteiger partial charge in [-0.2, -0.15) is 0 Å². The quantitative estimate of drug-likeness (QED) is 0.149. The zero-order valence-electron chi connectivity index (χ0n) is 37.5. The van der Waals surface area contributed by atoms with Crippen LogP contribution in [0.5, 0.6) is 0 Å². The molecule has 0 radical (unpaired) electrons. The number of benzene rings is 9. The van der Waals surface area contributed by atoms with Gasteiger partial charge < -0.3 is 18.6 Å². The summed E-state index contributed by atoms with van der Waals surface area (Å²) in [4.78, 5) is 2.40. The normalized spacial score (nSPS) is 12.1. The number of para-hydroxylation sites is 4. The molecule has 1 atom stereocenters. The lowest BCUT2D eigenvalue weighted by molar-refractivity contribution is 0.827. The molecule has 4 nitrogen and oxygen atoms in total. The lowest BCUT2D eigenvalue weighted by Gasteiger charge is -2.26. The van der Waals surface area contributed by atoms with Gasteiger partial charge in [0, 0.05) is 96.1 Å². The van der Waals surface area contributed by atoms with Crippen molar-refractivity contribution in [2.24, 2.45) is 0 Å². The van der Waals surface area contributed by atoms with Crippen LogP contribution in [0.1, 0.15) is 43.4 Å². The highest BCUT2D eigenvalue weighted by Crippen LogP contribution is 2.42. The Balaban J connectivity index is 0.000000246. The zero-order valence-corrected chi connectivity index (χ0v) is 37.5. The molecular weight excluding hydrogens is 789 g/mol. The Labute approximate surface area is 380 Å². The van der Waals surface area contributed by atoms with E-state index in [1.54, 1.807) is 0 Å². The van der Waals surface area contributed by atoms with E-state index in [1.165, 1.54) is 82.1 Å². The molecule has 12 aromatic rings. The van der Waals surface area contributed by atoms with E-state index in [1.807, 2.05) is 0 Å². The summed E-state index contributed by atoms with van der Waals surface area (Å²) in [6.07, 6.45) is 0. The SMILES string of the molecule is CCn1c2ccccc2c2cc(C)ccc21.CCn1c2ccccc2c2cc(N(c3ccccc3)c3ccc4c(c3)c3cc(C(C)c5ccccc5)ccc3n4-c3ccccc3)ccc21. The molecule has 316 valence electrons. The summed E-state index contributed by atoms with van der Waals surface area (Å²) in [7, 11) is 0. The highest BCUT2D eigenvalue weighted by atomic mass is 15.1. The molecule has 4 heteroatoms. The van der Waals surface area contributed by atoms with Crippen LogP contribution in [-0.2, 0) is 13.1 Å². The summed E-state index contributed by atoms with van der Waals surface area (Å²) >= 11 is 0. The second-order valence-electron chi connectivity index (χ2n) is 17.2. The lowest BCUT2D eigenvalue weighted by Crippen LogP contribution is -2.09. The minimum atomic E-state index is 0.279. The number of hydrogen-bond donors (Lipinski definition) is 0. The first-order chi connectivity index (χ1) is 32.0. The topological polar surface area (TPSA) is 18.0 Å². The number of aromatic nitrogens is 3. The summed E-state index contributed by atoms with van der Waals surface area (Å²) in [6.45, 7) is 10.8. The van der Waals surface area contributed by atoms with Crippen LogP contribution in [-0.4, -0.2) is 13.7 Å². The molecule has 0 N–H and O–H groups in total. The molecule has 9 aromatic carbocycles. The molecule has 0 aliphatic carbocycles. The smallest absolute Gasteiger partial charge is 0.0542 e. The Morgan fingerprint density at radius 1 is 0.369 bits per heavy atom. The monoisotopic (exact) mass is 840 g/mol. The molecule has 0 saturated heterocycles. The third-order valence-corrected chi connectivity index (χ3v) is 13.4. The average Bonchev–Trinajstić information content (AvgIpc) is 3.99. The summed E-state index contributed by atoms with van der Waals surface area (Å²) < 4.78 is 7.20. The van der Waals surface area contributed by atoms with Gasteiger partial charge in [-0.25, -0.2) is 0 Å². The second-order valence-corrected chi connectivity index (χ2v) is 17.2. The van der Waals surface area contributed by atoms with Crippen LogP contribution in [0.2, 0.25) is 0 Å². The van der Waals surface area contributed by atoms with Crippen molar-refractivity contribution in [3.05, 3.63) is 229 Å². The summed E-state index contributed by atoms with van der Waals surface area (Å²) in [5, 5.41) is 7.80. The van der Waals surface area contributed by atoms with Crippen molar-refractivity contribution in [2.75, 3.05) is 4.90 Å². The van der Waals surface area contributed by atoms with E-state index in [0.29, 0.717) is 0 Å². The van der Waals surface area contributed by atoms with Crippen molar-refractivity contribution in [2.45, 2.75) is 46.7 Å². The fourth-order valence-electron chi connectivity index (χ4n) is 10.3. The van der Waals surface area contributed by atoms with Crippen LogP contribution in [0.3, 0.4) is 0 Å². The van der Waals surface area contributed by atoms with E-state index in [9.17, 15) is 0 Å². The Hall–Kier alpha value is -7.82. The second kappa shape index (κ2) is 16.7. The Morgan fingerprint density at radius 3 is 1.42 bits per heavy atom. The van der Waals surface area contributed by atoms with Gasteiger partial charge in [0.2, 0.25) is 0 Å². The van der Waals surface area contributed by atoms with Gasteiger partial charge in [0.15, 0.2) is 0 Å². The van der Waals surface area contributed by atoms with Gasteiger partial charge in [-0.15, -0.1) is 0 Å². The number of nitrogens with zero attached hydrogens (tertiary/aromatic N) is 4. The van der Waals surface area contributed by atoms with Gasteiger partial charge in [-0.05, 0) is 129 Å². The van der Waals surface area contributed by atoms with Crippen LogP contribution in [0.25, 0.3) is 71.1 Å². The molecule has 0 aliphatic heterocycles. The maximum absolute atomic E-state index is 2.42. The highest BCUT2D eigenvalue weighted by Gasteiger charge is 2.20. The van der Waals surface area contributed by atoms with Gasteiger partial charge in [-0.1, -0.05) is 128 Å². The molecule has 0 fully saturated rings. The highest BCUT2D eigenvalue weighted by molar-refractivity contribution is 6.12. The molecule has 65 heavy (non-hydrogen) atoms. The van der Waals surface area contributed by atoms with E-state index in [-0.39, 0.29) is 5.92 Å². The zero-order chi connectivity index (χ0) is 44.0. The van der Waals surface area contributed by atoms with Gasteiger partial charge in [0.05, 0.1) is 11.0 Å². The fraction of sp³-hybridized carbons (Fsp3) is 0.115. The largest absolute Gasteiger partial charge is 0.341 e. The Kier molecular flexibility index (Phi) is 10.3. The molecule has 3 heterocycles. The number of fused-ring (bicyclic) bond motifs is 9. The number of rotatable bonds is 8. The van der Waals surface area contributed by atoms with E-state index < -0.39 is 0 Å². The number of anilines is 3. The molecule has 3 aromatic heterocycles.